The van der Waals surface area contributed by atoms with Crippen molar-refractivity contribution in [3.05, 3.63) is 51.5 Å². The summed E-state index contributed by atoms with van der Waals surface area (Å²) in [6, 6.07) is 5.90. The van der Waals surface area contributed by atoms with E-state index in [1.807, 2.05) is 0 Å². The second-order valence-electron chi connectivity index (χ2n) is 7.35. The van der Waals surface area contributed by atoms with Gasteiger partial charge in [-0.2, -0.15) is 13.4 Å². The number of anilines is 1. The van der Waals surface area contributed by atoms with Gasteiger partial charge in [-0.1, -0.05) is 29.3 Å². The van der Waals surface area contributed by atoms with Crippen LogP contribution in [0.4, 0.5) is 5.82 Å². The van der Waals surface area contributed by atoms with Crippen LogP contribution in [0.5, 0.6) is 0 Å². The van der Waals surface area contributed by atoms with Gasteiger partial charge in [0.05, 0.1) is 9.92 Å². The molecule has 2 aromatic rings. The Hall–Kier alpha value is -3.00. The molecule has 1 aliphatic rings. The number of hydrogen-bond acceptors (Lipinski definition) is 11. The zero-order valence-electron chi connectivity index (χ0n) is 18.3. The molecule has 4 atom stereocenters. The molecule has 1 saturated heterocycles. The maximum Gasteiger partial charge on any atom is 0.346 e. The lowest BCUT2D eigenvalue weighted by molar-refractivity contribution is -0.151. The number of benzene rings is 1. The third kappa shape index (κ3) is 6.32. The number of aryl methyl sites for hydroxylation is 1. The fourth-order valence-electron chi connectivity index (χ4n) is 3.14. The lowest BCUT2D eigenvalue weighted by Crippen LogP contribution is -2.43. The molecule has 1 fully saturated rings. The van der Waals surface area contributed by atoms with Crippen molar-refractivity contribution in [1.82, 2.24) is 9.97 Å². The highest BCUT2D eigenvalue weighted by atomic mass is 35.5. The number of nitrogens with zero attached hydrogens (tertiary/aromatic N) is 1. The molecule has 1 aromatic carbocycles. The normalized spacial score (nSPS) is 22.2. The monoisotopic (exact) mass is 515 g/mol. The van der Waals surface area contributed by atoms with Crippen molar-refractivity contribution < 1.29 is 36.4 Å². The number of ether oxygens (including phenoxy) is 3. The minimum atomic E-state index is -4.35. The summed E-state index contributed by atoms with van der Waals surface area (Å²) in [5.74, 6) is -1.52. The van der Waals surface area contributed by atoms with Crippen LogP contribution in [-0.4, -0.2) is 61.5 Å². The summed E-state index contributed by atoms with van der Waals surface area (Å²) in [6.45, 7) is 3.65. The quantitative estimate of drug-likeness (QED) is 0.382. The molecule has 0 bridgehead atoms. The average Bonchev–Trinajstić information content (AvgIpc) is 3.04. The number of carbonyl (C=O) groups is 2. The number of esters is 2. The van der Waals surface area contributed by atoms with Crippen molar-refractivity contribution in [3.8, 4) is 0 Å². The summed E-state index contributed by atoms with van der Waals surface area (Å²) in [7, 11) is -4.35. The van der Waals surface area contributed by atoms with Gasteiger partial charge in [-0.15, -0.1) is 0 Å². The first-order valence-electron chi connectivity index (χ1n) is 9.94. The first-order chi connectivity index (χ1) is 16.0. The maximum atomic E-state index is 13.0. The van der Waals surface area contributed by atoms with Crippen LogP contribution in [0.3, 0.4) is 0 Å². The van der Waals surface area contributed by atoms with E-state index >= 15 is 0 Å². The van der Waals surface area contributed by atoms with E-state index in [0.717, 1.165) is 19.4 Å². The summed E-state index contributed by atoms with van der Waals surface area (Å²) in [5, 5.41) is 2.72. The van der Waals surface area contributed by atoms with E-state index in [1.165, 1.54) is 18.3 Å². The summed E-state index contributed by atoms with van der Waals surface area (Å²) < 4.78 is 47.4. The van der Waals surface area contributed by atoms with Gasteiger partial charge in [0, 0.05) is 20.0 Å². The minimum absolute atomic E-state index is 0.0120. The zero-order valence-corrected chi connectivity index (χ0v) is 19.9. The SMILES string of the molecule is CC(=O)OC[C@H]1O[C@@H](Nc2nc(=O)[nH]cc2Cl)[C@H](OC(C)=O)[C@H]1OS(=O)(=O)c1ccc(C)cc1. The van der Waals surface area contributed by atoms with Crippen molar-refractivity contribution in [2.24, 2.45) is 0 Å². The fraction of sp³-hybridized carbons (Fsp3) is 0.400. The Morgan fingerprint density at radius 2 is 1.85 bits per heavy atom. The van der Waals surface area contributed by atoms with E-state index < -0.39 is 58.9 Å². The molecule has 0 radical (unpaired) electrons. The molecular formula is C20H22ClN3O9S. The van der Waals surface area contributed by atoms with E-state index in [-0.39, 0.29) is 15.7 Å². The maximum absolute atomic E-state index is 13.0. The van der Waals surface area contributed by atoms with Crippen LogP contribution >= 0.6 is 11.6 Å². The van der Waals surface area contributed by atoms with Crippen LogP contribution in [0.25, 0.3) is 0 Å². The van der Waals surface area contributed by atoms with Crippen molar-refractivity contribution in [2.45, 2.75) is 50.2 Å². The van der Waals surface area contributed by atoms with E-state index in [4.69, 9.17) is 30.0 Å². The molecule has 184 valence electrons. The number of rotatable bonds is 8. The van der Waals surface area contributed by atoms with Gasteiger partial charge in [-0.3, -0.25) is 13.8 Å². The third-order valence-corrected chi connectivity index (χ3v) is 6.26. The largest absolute Gasteiger partial charge is 0.463 e. The van der Waals surface area contributed by atoms with Gasteiger partial charge < -0.3 is 24.5 Å². The number of halogens is 1. The molecule has 0 saturated carbocycles. The number of nitrogens with one attached hydrogen (secondary N) is 2. The summed E-state index contributed by atoms with van der Waals surface area (Å²) in [4.78, 5) is 40.6. The lowest BCUT2D eigenvalue weighted by atomic mass is 10.1. The number of H-pyrrole nitrogens is 1. The molecular weight excluding hydrogens is 494 g/mol. The van der Waals surface area contributed by atoms with Gasteiger partial charge in [0.15, 0.2) is 18.1 Å². The second kappa shape index (κ2) is 10.5. The topological polar surface area (TPSA) is 163 Å². The molecule has 14 heteroatoms. The van der Waals surface area contributed by atoms with Gasteiger partial charge in [-0.25, -0.2) is 4.79 Å². The van der Waals surface area contributed by atoms with Crippen LogP contribution in [0.1, 0.15) is 19.4 Å². The molecule has 34 heavy (non-hydrogen) atoms. The van der Waals surface area contributed by atoms with Crippen LogP contribution < -0.4 is 11.0 Å². The zero-order chi connectivity index (χ0) is 25.0. The Balaban J connectivity index is 1.96. The Labute approximate surface area is 199 Å². The highest BCUT2D eigenvalue weighted by molar-refractivity contribution is 7.86. The van der Waals surface area contributed by atoms with Crippen molar-refractivity contribution in [1.29, 1.82) is 0 Å². The Kier molecular flexibility index (Phi) is 7.92. The molecule has 0 unspecified atom stereocenters. The molecule has 3 rings (SSSR count). The molecule has 0 amide bonds. The lowest BCUT2D eigenvalue weighted by Gasteiger charge is -2.24. The molecule has 2 N–H and O–H groups in total. The highest BCUT2D eigenvalue weighted by Gasteiger charge is 2.51. The van der Waals surface area contributed by atoms with Gasteiger partial charge >= 0.3 is 17.6 Å². The number of aromatic nitrogens is 2. The third-order valence-electron chi connectivity index (χ3n) is 4.65. The van der Waals surface area contributed by atoms with Gasteiger partial charge in [0.25, 0.3) is 10.1 Å². The van der Waals surface area contributed by atoms with Crippen LogP contribution in [-0.2, 0) is 38.1 Å². The average molecular weight is 516 g/mol. The summed E-state index contributed by atoms with van der Waals surface area (Å²) in [6.07, 6.45) is -4.02. The van der Waals surface area contributed by atoms with Crippen LogP contribution in [0.15, 0.2) is 40.2 Å². The smallest absolute Gasteiger partial charge is 0.346 e. The van der Waals surface area contributed by atoms with E-state index in [2.05, 4.69) is 15.3 Å². The summed E-state index contributed by atoms with van der Waals surface area (Å²) >= 11 is 6.05. The van der Waals surface area contributed by atoms with Crippen molar-refractivity contribution in [2.75, 3.05) is 11.9 Å². The van der Waals surface area contributed by atoms with Crippen LogP contribution in [0, 0.1) is 6.92 Å². The first kappa shape index (κ1) is 25.6. The van der Waals surface area contributed by atoms with Gasteiger partial charge in [0.1, 0.15) is 18.8 Å². The Morgan fingerprint density at radius 3 is 2.47 bits per heavy atom. The Bertz CT molecular complexity index is 1220. The molecule has 0 spiro atoms. The fourth-order valence-corrected chi connectivity index (χ4v) is 4.40. The number of hydrogen-bond donors (Lipinski definition) is 2. The number of aromatic amines is 1. The van der Waals surface area contributed by atoms with Crippen molar-refractivity contribution in [3.63, 3.8) is 0 Å². The van der Waals surface area contributed by atoms with E-state index in [0.29, 0.717) is 0 Å². The van der Waals surface area contributed by atoms with Gasteiger partial charge in [-0.05, 0) is 19.1 Å². The molecule has 1 aromatic heterocycles. The molecule has 2 heterocycles. The van der Waals surface area contributed by atoms with E-state index in [1.54, 1.807) is 19.1 Å². The predicted octanol–water partition coefficient (Wildman–Crippen LogP) is 1.14. The Morgan fingerprint density at radius 1 is 1.18 bits per heavy atom. The molecule has 0 aliphatic carbocycles. The number of carbonyl (C=O) groups excluding carboxylic acids is 2. The van der Waals surface area contributed by atoms with Crippen LogP contribution in [0.2, 0.25) is 5.02 Å². The first-order valence-corrected chi connectivity index (χ1v) is 11.7. The second-order valence-corrected chi connectivity index (χ2v) is 9.33. The molecule has 1 aliphatic heterocycles. The summed E-state index contributed by atoms with van der Waals surface area (Å²) in [5.41, 5.74) is 0.111. The standard InChI is InChI=1S/C20H22ClN3O9S/c1-10-4-6-13(7-5-10)34(28,29)33-16-15(9-30-11(2)25)32-19(17(16)31-12(3)26)23-18-14(21)8-22-20(27)24-18/h4-8,15-17,19H,9H2,1-3H3,(H2,22,23,24,27)/t15-,16+,17-,19-/m1/s1. The predicted molar refractivity (Wildman–Crippen MR) is 118 cm³/mol. The van der Waals surface area contributed by atoms with Crippen molar-refractivity contribution >= 4 is 39.5 Å². The van der Waals surface area contributed by atoms with E-state index in [9.17, 15) is 22.8 Å². The van der Waals surface area contributed by atoms with Gasteiger partial charge in [0.2, 0.25) is 0 Å². The minimum Gasteiger partial charge on any atom is -0.463 e. The highest BCUT2D eigenvalue weighted by Crippen LogP contribution is 2.32. The molecule has 12 nitrogen and oxygen atoms in total.